The number of quaternary nitrogens is 1. The molecule has 0 aromatic carbocycles. The number of hydrogen-bond donors (Lipinski definition) is 1. The number of nitrogens with one attached hydrogen (secondary N) is 1. The highest BCUT2D eigenvalue weighted by molar-refractivity contribution is 7.45. The van der Waals surface area contributed by atoms with Crippen LogP contribution in [0.2, 0.25) is 0 Å². The summed E-state index contributed by atoms with van der Waals surface area (Å²) in [6, 6.07) is -0.930. The van der Waals surface area contributed by atoms with Crippen molar-refractivity contribution in [3.8, 4) is 0 Å². The lowest BCUT2D eigenvalue weighted by Crippen LogP contribution is -2.47. The third kappa shape index (κ3) is 57.1. The van der Waals surface area contributed by atoms with Crippen LogP contribution in [0, 0.1) is 0 Å². The molecule has 0 aliphatic heterocycles. The second kappa shape index (κ2) is 56.7. The molecule has 78 heavy (non-hydrogen) atoms. The first kappa shape index (κ1) is 74.4. The van der Waals surface area contributed by atoms with Crippen molar-refractivity contribution >= 4 is 19.7 Å². The summed E-state index contributed by atoms with van der Waals surface area (Å²) in [5.41, 5.74) is 0. The van der Waals surface area contributed by atoms with Gasteiger partial charge in [-0.25, -0.2) is 0 Å². The zero-order chi connectivity index (χ0) is 57.2. The van der Waals surface area contributed by atoms with E-state index >= 15 is 0 Å². The predicted molar refractivity (Wildman–Crippen MR) is 334 cm³/mol. The van der Waals surface area contributed by atoms with Gasteiger partial charge in [-0.1, -0.05) is 239 Å². The van der Waals surface area contributed by atoms with Crippen molar-refractivity contribution in [3.63, 3.8) is 0 Å². The number of allylic oxidation sites excluding steroid dienone is 19. The molecule has 9 nitrogen and oxygen atoms in total. The van der Waals surface area contributed by atoms with Crippen LogP contribution in [-0.4, -0.2) is 69.4 Å². The summed E-state index contributed by atoms with van der Waals surface area (Å²) in [6.45, 7) is 6.63. The molecule has 0 saturated heterocycles. The van der Waals surface area contributed by atoms with E-state index in [9.17, 15) is 19.0 Å². The molecule has 1 amide bonds. The highest BCUT2D eigenvalue weighted by atomic mass is 31.2. The molecule has 0 spiro atoms. The molecule has 0 aliphatic carbocycles. The first-order valence-corrected chi connectivity index (χ1v) is 32.8. The maximum absolute atomic E-state index is 13.5. The number of amides is 1. The molecule has 0 saturated carbocycles. The number of likely N-dealkylation sites (N-methyl/N-ethyl adjacent to an activating group) is 1. The molecule has 1 N–H and O–H groups in total. The van der Waals surface area contributed by atoms with E-state index in [1.165, 1.54) is 96.3 Å². The second-order valence-corrected chi connectivity index (χ2v) is 23.2. The first-order valence-electron chi connectivity index (χ1n) is 31.3. The minimum absolute atomic E-state index is 0.0406. The highest BCUT2D eigenvalue weighted by Gasteiger charge is 2.27. The number of phosphoric acid groups is 1. The van der Waals surface area contributed by atoms with Gasteiger partial charge in [-0.2, -0.15) is 0 Å². The topological polar surface area (TPSA) is 114 Å². The van der Waals surface area contributed by atoms with E-state index < -0.39 is 26.6 Å². The van der Waals surface area contributed by atoms with Crippen LogP contribution in [0.4, 0.5) is 0 Å². The van der Waals surface area contributed by atoms with Crippen LogP contribution in [0.1, 0.15) is 245 Å². The summed E-state index contributed by atoms with van der Waals surface area (Å²) >= 11 is 0. The molecular weight excluding hydrogens is 988 g/mol. The third-order valence-corrected chi connectivity index (χ3v) is 14.1. The third-order valence-electron chi connectivity index (χ3n) is 13.1. The quantitative estimate of drug-likeness (QED) is 0.0212. The van der Waals surface area contributed by atoms with E-state index in [0.717, 1.165) is 103 Å². The van der Waals surface area contributed by atoms with Gasteiger partial charge in [0.15, 0.2) is 0 Å². The number of unbranched alkanes of at least 4 members (excludes halogenated alkanes) is 21. The number of carbonyl (C=O) groups excluding carboxylic acids is 2. The Balaban J connectivity index is 5.33. The summed E-state index contributed by atoms with van der Waals surface area (Å²) in [5.74, 6) is -0.627. The van der Waals surface area contributed by atoms with Crippen molar-refractivity contribution in [2.75, 3.05) is 40.9 Å². The summed E-state index contributed by atoms with van der Waals surface area (Å²) in [6.07, 6.45) is 78.9. The Bertz CT molecular complexity index is 1750. The minimum atomic E-state index is -4.72. The Morgan fingerprint density at radius 3 is 1.28 bits per heavy atom. The first-order chi connectivity index (χ1) is 37.9. The molecule has 3 unspecified atom stereocenters. The van der Waals surface area contributed by atoms with Gasteiger partial charge in [-0.05, 0) is 115 Å². The Morgan fingerprint density at radius 1 is 0.462 bits per heavy atom. The van der Waals surface area contributed by atoms with Crippen LogP contribution in [-0.2, 0) is 27.9 Å². The number of rotatable bonds is 55. The van der Waals surface area contributed by atoms with Crippen LogP contribution in [0.5, 0.6) is 0 Å². The molecule has 0 aromatic heterocycles. The zero-order valence-electron chi connectivity index (χ0n) is 50.8. The van der Waals surface area contributed by atoms with Crippen molar-refractivity contribution in [2.45, 2.75) is 258 Å². The molecule has 446 valence electrons. The van der Waals surface area contributed by atoms with Crippen molar-refractivity contribution in [3.05, 3.63) is 122 Å². The van der Waals surface area contributed by atoms with E-state index in [-0.39, 0.29) is 31.3 Å². The van der Waals surface area contributed by atoms with Gasteiger partial charge in [0.05, 0.1) is 33.8 Å². The number of ether oxygens (including phenoxy) is 1. The average Bonchev–Trinajstić information content (AvgIpc) is 3.40. The Hall–Kier alpha value is -3.59. The Morgan fingerprint density at radius 2 is 0.833 bits per heavy atom. The number of carbonyl (C=O) groups is 2. The maximum atomic E-state index is 13.5. The van der Waals surface area contributed by atoms with Crippen LogP contribution < -0.4 is 10.2 Å². The van der Waals surface area contributed by atoms with Crippen molar-refractivity contribution < 1.29 is 37.3 Å². The molecule has 0 radical (unpaired) electrons. The van der Waals surface area contributed by atoms with Gasteiger partial charge in [-0.15, -0.1) is 0 Å². The van der Waals surface area contributed by atoms with Crippen molar-refractivity contribution in [2.24, 2.45) is 0 Å². The van der Waals surface area contributed by atoms with Crippen molar-refractivity contribution in [1.82, 2.24) is 5.32 Å². The predicted octanol–water partition coefficient (Wildman–Crippen LogP) is 18.9. The molecule has 0 aliphatic rings. The summed E-state index contributed by atoms with van der Waals surface area (Å²) in [5, 5.41) is 2.99. The fraction of sp³-hybridized carbons (Fsp3) is 0.676. The van der Waals surface area contributed by atoms with E-state index in [1.807, 2.05) is 33.3 Å². The largest absolute Gasteiger partial charge is 0.756 e. The molecule has 0 fully saturated rings. The molecular formula is C68H117N2O7P. The Kier molecular flexibility index (Phi) is 54.1. The van der Waals surface area contributed by atoms with E-state index in [0.29, 0.717) is 23.9 Å². The number of hydrogen-bond acceptors (Lipinski definition) is 7. The fourth-order valence-electron chi connectivity index (χ4n) is 8.30. The summed E-state index contributed by atoms with van der Waals surface area (Å²) < 4.78 is 30.3. The van der Waals surface area contributed by atoms with E-state index in [2.05, 4.69) is 135 Å². The minimum Gasteiger partial charge on any atom is -0.756 e. The van der Waals surface area contributed by atoms with Gasteiger partial charge in [0.1, 0.15) is 19.3 Å². The fourth-order valence-corrected chi connectivity index (χ4v) is 9.03. The number of esters is 1. The lowest BCUT2D eigenvalue weighted by molar-refractivity contribution is -0.870. The summed E-state index contributed by atoms with van der Waals surface area (Å²) in [7, 11) is 1.13. The zero-order valence-corrected chi connectivity index (χ0v) is 51.7. The molecule has 0 heterocycles. The normalized spacial score (nSPS) is 14.5. The molecule has 10 heteroatoms. The van der Waals surface area contributed by atoms with Gasteiger partial charge >= 0.3 is 5.97 Å². The van der Waals surface area contributed by atoms with Crippen LogP contribution in [0.25, 0.3) is 0 Å². The number of nitrogens with zero attached hydrogens (tertiary/aromatic N) is 1. The lowest BCUT2D eigenvalue weighted by Gasteiger charge is -2.30. The SMILES string of the molecule is CC/C=C\C/C=C\C/C=C\C/C=C\C/C=C\CCCCCCCCCC(=O)OC(/C=C\CCCCCCCCCCCC)C(COP(=O)([O-])OCC[N+](C)(C)C)NC(=O)CCC/C=C\C/C=C\C/C=C\C/C=C\CCCCC. The Labute approximate surface area is 480 Å². The van der Waals surface area contributed by atoms with Crippen LogP contribution >= 0.6 is 7.82 Å². The second-order valence-electron chi connectivity index (χ2n) is 21.8. The van der Waals surface area contributed by atoms with Gasteiger partial charge in [0.25, 0.3) is 7.82 Å². The molecule has 0 rings (SSSR count). The van der Waals surface area contributed by atoms with E-state index in [1.54, 1.807) is 0 Å². The monoisotopic (exact) mass is 1100 g/mol. The summed E-state index contributed by atoms with van der Waals surface area (Å²) in [4.78, 5) is 40.0. The van der Waals surface area contributed by atoms with Crippen molar-refractivity contribution in [1.29, 1.82) is 0 Å². The standard InChI is InChI=1S/C68H117N2O7P/c1-7-10-13-16-19-22-25-28-30-32-33-34-35-36-37-39-41-43-46-49-52-55-58-61-68(72)77-66(59-56-53-50-47-44-27-24-21-18-15-12-9-3)65(64-76-78(73,74)75-63-62-70(4,5)6)69-67(71)60-57-54-51-48-45-42-40-38-31-29-26-23-20-17-14-11-8-2/h10,13,19-20,22-23,28-31,33-34,36-37,40,42,48,51,56,59,65-66H,7-9,11-12,14-18,21,24-27,32,35,38-39,41,43-47,49-50,52-55,57-58,60-64H2,1-6H3,(H-,69,71,73,74)/b13-10-,22-19-,23-20-,30-28-,31-29-,34-33-,37-36-,42-40-,51-48-,59-56-. The van der Waals surface area contributed by atoms with Crippen LogP contribution in [0.15, 0.2) is 122 Å². The average molecular weight is 1110 g/mol. The van der Waals surface area contributed by atoms with Gasteiger partial charge in [-0.3, -0.25) is 14.2 Å². The van der Waals surface area contributed by atoms with E-state index in [4.69, 9.17) is 13.8 Å². The van der Waals surface area contributed by atoms with Gasteiger partial charge in [0.2, 0.25) is 5.91 Å². The smallest absolute Gasteiger partial charge is 0.306 e. The van der Waals surface area contributed by atoms with Gasteiger partial charge < -0.3 is 28.5 Å². The molecule has 3 atom stereocenters. The molecule has 0 bridgehead atoms. The van der Waals surface area contributed by atoms with Gasteiger partial charge in [0, 0.05) is 12.8 Å². The molecule has 0 aromatic rings. The number of phosphoric ester groups is 1. The highest BCUT2D eigenvalue weighted by Crippen LogP contribution is 2.38. The maximum Gasteiger partial charge on any atom is 0.306 e. The van der Waals surface area contributed by atoms with Crippen LogP contribution in [0.3, 0.4) is 0 Å². The lowest BCUT2D eigenvalue weighted by atomic mass is 10.1.